The Morgan fingerprint density at radius 3 is 3.00 bits per heavy atom. The van der Waals surface area contributed by atoms with Gasteiger partial charge in [-0.05, 0) is 6.07 Å². The molecule has 5 heteroatoms. The highest BCUT2D eigenvalue weighted by molar-refractivity contribution is 5.69. The Hall–Kier alpha value is -1.93. The Morgan fingerprint density at radius 2 is 2.47 bits per heavy atom. The van der Waals surface area contributed by atoms with Gasteiger partial charge in [0, 0.05) is 12.7 Å². The maximum absolute atomic E-state index is 10.5. The second-order valence-corrected chi connectivity index (χ2v) is 2.94. The third-order valence-electron chi connectivity index (χ3n) is 1.70. The summed E-state index contributed by atoms with van der Waals surface area (Å²) >= 11 is 0. The molecule has 1 rings (SSSR count). The molecule has 1 N–H and O–H groups in total. The van der Waals surface area contributed by atoms with Gasteiger partial charge in [0.1, 0.15) is 6.33 Å². The number of terminal acetylenes is 1. The van der Waals surface area contributed by atoms with Crippen LogP contribution < -0.4 is 0 Å². The molecule has 1 heterocycles. The van der Waals surface area contributed by atoms with Crippen LogP contribution in [0.25, 0.3) is 0 Å². The molecule has 0 aliphatic heterocycles. The molecule has 15 heavy (non-hydrogen) atoms. The molecule has 0 atom stereocenters. The van der Waals surface area contributed by atoms with E-state index in [0.717, 1.165) is 5.69 Å². The lowest BCUT2D eigenvalue weighted by atomic mass is 10.3. The largest absolute Gasteiger partial charge is 0.480 e. The first-order chi connectivity index (χ1) is 7.22. The molecule has 0 aliphatic rings. The van der Waals surface area contributed by atoms with Crippen LogP contribution in [0.15, 0.2) is 18.6 Å². The molecular weight excluding hydrogens is 194 g/mol. The average Bonchev–Trinajstić information content (AvgIpc) is 2.18. The number of hydrogen-bond acceptors (Lipinski definition) is 4. The number of rotatable bonds is 5. The third-order valence-corrected chi connectivity index (χ3v) is 1.70. The number of hydrogen-bond donors (Lipinski definition) is 1. The molecule has 1 aromatic heterocycles. The number of carboxylic acids is 1. The lowest BCUT2D eigenvalue weighted by Crippen LogP contribution is -2.30. The van der Waals surface area contributed by atoms with Crippen molar-refractivity contribution in [2.75, 3.05) is 13.1 Å². The van der Waals surface area contributed by atoms with Crippen molar-refractivity contribution in [1.82, 2.24) is 14.9 Å². The second kappa shape index (κ2) is 5.73. The third kappa shape index (κ3) is 4.20. The Balaban J connectivity index is 2.59. The van der Waals surface area contributed by atoms with Crippen LogP contribution in [-0.2, 0) is 11.3 Å². The van der Waals surface area contributed by atoms with Gasteiger partial charge in [-0.25, -0.2) is 9.97 Å². The van der Waals surface area contributed by atoms with Gasteiger partial charge in [0.05, 0.1) is 18.8 Å². The normalized spacial score (nSPS) is 9.87. The number of carbonyl (C=O) groups is 1. The van der Waals surface area contributed by atoms with Gasteiger partial charge in [0.15, 0.2) is 0 Å². The predicted octanol–water partition coefficient (Wildman–Crippen LogP) is -0.00360. The maximum atomic E-state index is 10.5. The van der Waals surface area contributed by atoms with Crippen molar-refractivity contribution < 1.29 is 9.90 Å². The molecule has 0 bridgehead atoms. The van der Waals surface area contributed by atoms with E-state index in [1.54, 1.807) is 17.2 Å². The zero-order valence-electron chi connectivity index (χ0n) is 8.13. The summed E-state index contributed by atoms with van der Waals surface area (Å²) < 4.78 is 0. The molecule has 78 valence electrons. The van der Waals surface area contributed by atoms with E-state index in [-0.39, 0.29) is 13.1 Å². The van der Waals surface area contributed by atoms with Crippen LogP contribution >= 0.6 is 0 Å². The van der Waals surface area contributed by atoms with Crippen molar-refractivity contribution in [3.05, 3.63) is 24.3 Å². The SMILES string of the molecule is C#CCN(CC(=O)O)Cc1ccncn1. The summed E-state index contributed by atoms with van der Waals surface area (Å²) in [6, 6.07) is 1.73. The number of carboxylic acid groups (broad SMARTS) is 1. The number of nitrogens with zero attached hydrogens (tertiary/aromatic N) is 3. The van der Waals surface area contributed by atoms with Crippen LogP contribution in [0.3, 0.4) is 0 Å². The first-order valence-corrected chi connectivity index (χ1v) is 4.35. The molecule has 0 fully saturated rings. The topological polar surface area (TPSA) is 66.3 Å². The average molecular weight is 205 g/mol. The molecule has 0 aromatic carbocycles. The van der Waals surface area contributed by atoms with E-state index in [4.69, 9.17) is 11.5 Å². The smallest absolute Gasteiger partial charge is 0.317 e. The van der Waals surface area contributed by atoms with Gasteiger partial charge in [0.2, 0.25) is 0 Å². The molecule has 0 saturated carbocycles. The minimum absolute atomic E-state index is 0.0891. The fraction of sp³-hybridized carbons (Fsp3) is 0.300. The van der Waals surface area contributed by atoms with E-state index in [1.165, 1.54) is 6.33 Å². The fourth-order valence-corrected chi connectivity index (χ4v) is 1.13. The lowest BCUT2D eigenvalue weighted by Gasteiger charge is -2.16. The van der Waals surface area contributed by atoms with Crippen molar-refractivity contribution in [2.45, 2.75) is 6.54 Å². The maximum Gasteiger partial charge on any atom is 0.317 e. The van der Waals surface area contributed by atoms with Gasteiger partial charge < -0.3 is 5.11 Å². The summed E-state index contributed by atoms with van der Waals surface area (Å²) in [5, 5.41) is 8.65. The molecule has 0 amide bonds. The van der Waals surface area contributed by atoms with Crippen molar-refractivity contribution in [3.63, 3.8) is 0 Å². The van der Waals surface area contributed by atoms with Gasteiger partial charge in [-0.1, -0.05) is 5.92 Å². The zero-order valence-corrected chi connectivity index (χ0v) is 8.13. The molecule has 0 saturated heterocycles. The first kappa shape index (κ1) is 11.1. The van der Waals surface area contributed by atoms with E-state index in [0.29, 0.717) is 6.54 Å². The monoisotopic (exact) mass is 205 g/mol. The lowest BCUT2D eigenvalue weighted by molar-refractivity contribution is -0.138. The highest BCUT2D eigenvalue weighted by Gasteiger charge is 2.09. The second-order valence-electron chi connectivity index (χ2n) is 2.94. The minimum Gasteiger partial charge on any atom is -0.480 e. The Bertz CT molecular complexity index is 359. The summed E-state index contributed by atoms with van der Waals surface area (Å²) in [7, 11) is 0. The quantitative estimate of drug-likeness (QED) is 0.685. The van der Waals surface area contributed by atoms with Gasteiger partial charge in [-0.2, -0.15) is 0 Å². The van der Waals surface area contributed by atoms with Crippen LogP contribution in [0.1, 0.15) is 5.69 Å². The summed E-state index contributed by atoms with van der Waals surface area (Å²) in [5.74, 6) is 1.51. The summed E-state index contributed by atoms with van der Waals surface area (Å²) in [6.45, 7) is 0.615. The van der Waals surface area contributed by atoms with Crippen molar-refractivity contribution in [3.8, 4) is 12.3 Å². The Kier molecular flexibility index (Phi) is 4.26. The van der Waals surface area contributed by atoms with Crippen molar-refractivity contribution in [1.29, 1.82) is 0 Å². The molecular formula is C10H11N3O2. The molecule has 0 spiro atoms. The summed E-state index contributed by atoms with van der Waals surface area (Å²) in [6.07, 6.45) is 8.17. The Morgan fingerprint density at radius 1 is 1.67 bits per heavy atom. The van der Waals surface area contributed by atoms with Gasteiger partial charge in [-0.15, -0.1) is 6.42 Å². The van der Waals surface area contributed by atoms with Crippen LogP contribution in [0.5, 0.6) is 0 Å². The Labute approximate surface area is 87.8 Å². The molecule has 0 unspecified atom stereocenters. The predicted molar refractivity (Wildman–Crippen MR) is 53.8 cm³/mol. The minimum atomic E-state index is -0.903. The van der Waals surface area contributed by atoms with E-state index >= 15 is 0 Å². The molecule has 1 aromatic rings. The van der Waals surface area contributed by atoms with Crippen LogP contribution in [-0.4, -0.2) is 39.0 Å². The van der Waals surface area contributed by atoms with E-state index in [1.807, 2.05) is 0 Å². The van der Waals surface area contributed by atoms with Crippen molar-refractivity contribution >= 4 is 5.97 Å². The van der Waals surface area contributed by atoms with Crippen LogP contribution in [0.4, 0.5) is 0 Å². The first-order valence-electron chi connectivity index (χ1n) is 4.35. The number of aliphatic carboxylic acids is 1. The highest BCUT2D eigenvalue weighted by Crippen LogP contribution is 1.98. The van der Waals surface area contributed by atoms with E-state index < -0.39 is 5.97 Å². The van der Waals surface area contributed by atoms with Crippen LogP contribution in [0.2, 0.25) is 0 Å². The summed E-state index contributed by atoms with van der Waals surface area (Å²) in [4.78, 5) is 19.9. The molecule has 0 radical (unpaired) electrons. The fourth-order valence-electron chi connectivity index (χ4n) is 1.13. The van der Waals surface area contributed by atoms with E-state index in [2.05, 4.69) is 15.9 Å². The van der Waals surface area contributed by atoms with Crippen LogP contribution in [0, 0.1) is 12.3 Å². The van der Waals surface area contributed by atoms with E-state index in [9.17, 15) is 4.79 Å². The van der Waals surface area contributed by atoms with Gasteiger partial charge in [-0.3, -0.25) is 9.69 Å². The summed E-state index contributed by atoms with van der Waals surface area (Å²) in [5.41, 5.74) is 0.751. The zero-order chi connectivity index (χ0) is 11.1. The number of aromatic nitrogens is 2. The van der Waals surface area contributed by atoms with Gasteiger partial charge >= 0.3 is 5.97 Å². The van der Waals surface area contributed by atoms with Crippen molar-refractivity contribution in [2.24, 2.45) is 0 Å². The highest BCUT2D eigenvalue weighted by atomic mass is 16.4. The molecule has 5 nitrogen and oxygen atoms in total. The van der Waals surface area contributed by atoms with Gasteiger partial charge in [0.25, 0.3) is 0 Å². The molecule has 0 aliphatic carbocycles. The standard InChI is InChI=1S/C10H11N3O2/c1-2-5-13(7-10(14)15)6-9-3-4-11-8-12-9/h1,3-4,8H,5-7H2,(H,14,15).